The summed E-state index contributed by atoms with van der Waals surface area (Å²) in [5, 5.41) is 0. The fraction of sp³-hybridized carbons (Fsp3) is 0.462. The van der Waals surface area contributed by atoms with Gasteiger partial charge in [-0.2, -0.15) is 0 Å². The van der Waals surface area contributed by atoms with Crippen LogP contribution in [-0.2, 0) is 4.74 Å². The maximum atomic E-state index is 13.3. The highest BCUT2D eigenvalue weighted by atomic mass is 19.1. The van der Waals surface area contributed by atoms with Crippen LogP contribution in [0, 0.1) is 11.6 Å². The third-order valence-electron chi connectivity index (χ3n) is 2.95. The first-order valence-corrected chi connectivity index (χ1v) is 5.76. The van der Waals surface area contributed by atoms with E-state index < -0.39 is 11.6 Å². The summed E-state index contributed by atoms with van der Waals surface area (Å²) in [6.07, 6.45) is 2.94. The maximum Gasteiger partial charge on any atom is 0.165 e. The molecule has 1 atom stereocenters. The molecule has 2 nitrogen and oxygen atoms in total. The van der Waals surface area contributed by atoms with E-state index in [4.69, 9.17) is 4.74 Å². The van der Waals surface area contributed by atoms with Crippen LogP contribution < -0.4 is 0 Å². The molecule has 0 N–H and O–H groups in total. The van der Waals surface area contributed by atoms with E-state index in [1.807, 2.05) is 0 Å². The molecule has 1 aromatic rings. The molecule has 1 aliphatic rings. The molecule has 2 rings (SSSR count). The number of ether oxygens (including phenoxy) is 1. The molecule has 1 fully saturated rings. The minimum Gasteiger partial charge on any atom is -0.378 e. The number of hydrogen-bond acceptors (Lipinski definition) is 2. The van der Waals surface area contributed by atoms with Crippen LogP contribution in [0.25, 0.3) is 0 Å². The predicted octanol–water partition coefficient (Wildman–Crippen LogP) is 3.11. The largest absolute Gasteiger partial charge is 0.378 e. The first-order chi connectivity index (χ1) is 8.16. The van der Waals surface area contributed by atoms with Crippen LogP contribution in [0.3, 0.4) is 0 Å². The second-order valence-electron chi connectivity index (χ2n) is 4.22. The standard InChI is InChI=1S/C13H14F2O2/c14-9-3-5-11(12(15)8-9)13(16)6-4-10-2-1-7-17-10/h3,5,8,10H,1-2,4,6-7H2. The molecular weight excluding hydrogens is 226 g/mol. The molecular formula is C13H14F2O2. The summed E-state index contributed by atoms with van der Waals surface area (Å²) in [7, 11) is 0. The van der Waals surface area contributed by atoms with Gasteiger partial charge in [0.15, 0.2) is 5.78 Å². The summed E-state index contributed by atoms with van der Waals surface area (Å²) in [5.74, 6) is -1.75. The van der Waals surface area contributed by atoms with Crippen molar-refractivity contribution in [1.29, 1.82) is 0 Å². The lowest BCUT2D eigenvalue weighted by molar-refractivity contribution is 0.0856. The molecule has 1 heterocycles. The van der Waals surface area contributed by atoms with Gasteiger partial charge in [-0.3, -0.25) is 4.79 Å². The number of carbonyl (C=O) groups excluding carboxylic acids is 1. The van der Waals surface area contributed by atoms with Gasteiger partial charge in [0.2, 0.25) is 0 Å². The summed E-state index contributed by atoms with van der Waals surface area (Å²) in [6.45, 7) is 0.740. The smallest absolute Gasteiger partial charge is 0.165 e. The average molecular weight is 240 g/mol. The van der Waals surface area contributed by atoms with E-state index in [1.165, 1.54) is 6.07 Å². The molecule has 0 saturated carbocycles. The van der Waals surface area contributed by atoms with Gasteiger partial charge in [0.05, 0.1) is 11.7 Å². The van der Waals surface area contributed by atoms with Crippen LogP contribution in [-0.4, -0.2) is 18.5 Å². The molecule has 92 valence electrons. The van der Waals surface area contributed by atoms with Crippen LogP contribution in [0.4, 0.5) is 8.78 Å². The van der Waals surface area contributed by atoms with Crippen LogP contribution in [0.15, 0.2) is 18.2 Å². The van der Waals surface area contributed by atoms with E-state index in [1.54, 1.807) is 0 Å². The molecule has 17 heavy (non-hydrogen) atoms. The predicted molar refractivity (Wildman–Crippen MR) is 58.9 cm³/mol. The minimum absolute atomic E-state index is 0.0376. The Hall–Kier alpha value is -1.29. The molecule has 0 radical (unpaired) electrons. The lowest BCUT2D eigenvalue weighted by atomic mass is 10.0. The summed E-state index contributed by atoms with van der Waals surface area (Å²) in [4.78, 5) is 11.7. The number of Topliss-reactive ketones (excluding diaryl/α,β-unsaturated/α-hetero) is 1. The number of ketones is 1. The summed E-state index contributed by atoms with van der Waals surface area (Å²) < 4.78 is 31.4. The summed E-state index contributed by atoms with van der Waals surface area (Å²) in [6, 6.07) is 3.03. The molecule has 1 aliphatic heterocycles. The Kier molecular flexibility index (Phi) is 3.84. The topological polar surface area (TPSA) is 26.3 Å². The first kappa shape index (κ1) is 12.2. The average Bonchev–Trinajstić information content (AvgIpc) is 2.78. The van der Waals surface area contributed by atoms with Crippen molar-refractivity contribution in [3.05, 3.63) is 35.4 Å². The Balaban J connectivity index is 1.94. The highest BCUT2D eigenvalue weighted by Gasteiger charge is 2.18. The zero-order valence-electron chi connectivity index (χ0n) is 9.42. The fourth-order valence-corrected chi connectivity index (χ4v) is 2.01. The number of rotatable bonds is 4. The molecule has 0 aromatic heterocycles. The zero-order valence-corrected chi connectivity index (χ0v) is 9.42. The summed E-state index contributed by atoms with van der Waals surface area (Å²) >= 11 is 0. The first-order valence-electron chi connectivity index (χ1n) is 5.76. The van der Waals surface area contributed by atoms with E-state index in [0.29, 0.717) is 6.42 Å². The zero-order chi connectivity index (χ0) is 12.3. The van der Waals surface area contributed by atoms with Crippen molar-refractivity contribution >= 4 is 5.78 Å². The van der Waals surface area contributed by atoms with Crippen LogP contribution in [0.1, 0.15) is 36.0 Å². The van der Waals surface area contributed by atoms with Gasteiger partial charge in [-0.05, 0) is 31.4 Å². The Morgan fingerprint density at radius 2 is 2.24 bits per heavy atom. The normalized spacial score (nSPS) is 19.5. The van der Waals surface area contributed by atoms with Gasteiger partial charge < -0.3 is 4.74 Å². The molecule has 0 spiro atoms. The van der Waals surface area contributed by atoms with E-state index >= 15 is 0 Å². The van der Waals surface area contributed by atoms with Crippen molar-refractivity contribution in [3.63, 3.8) is 0 Å². The van der Waals surface area contributed by atoms with Gasteiger partial charge in [-0.25, -0.2) is 8.78 Å². The van der Waals surface area contributed by atoms with E-state index in [0.717, 1.165) is 31.6 Å². The van der Waals surface area contributed by atoms with E-state index in [-0.39, 0.29) is 23.9 Å². The lowest BCUT2D eigenvalue weighted by Crippen LogP contribution is -2.10. The van der Waals surface area contributed by atoms with Gasteiger partial charge in [-0.15, -0.1) is 0 Å². The van der Waals surface area contributed by atoms with Crippen molar-refractivity contribution in [2.24, 2.45) is 0 Å². The maximum absolute atomic E-state index is 13.3. The number of hydrogen-bond donors (Lipinski definition) is 0. The van der Waals surface area contributed by atoms with E-state index in [9.17, 15) is 13.6 Å². The van der Waals surface area contributed by atoms with Crippen LogP contribution in [0.2, 0.25) is 0 Å². The van der Waals surface area contributed by atoms with Gasteiger partial charge >= 0.3 is 0 Å². The minimum atomic E-state index is -0.789. The van der Waals surface area contributed by atoms with Crippen molar-refractivity contribution in [1.82, 2.24) is 0 Å². The van der Waals surface area contributed by atoms with Gasteiger partial charge in [-0.1, -0.05) is 0 Å². The lowest BCUT2D eigenvalue weighted by Gasteiger charge is -2.08. The third-order valence-corrected chi connectivity index (χ3v) is 2.95. The van der Waals surface area contributed by atoms with Crippen LogP contribution in [0.5, 0.6) is 0 Å². The van der Waals surface area contributed by atoms with Crippen molar-refractivity contribution in [3.8, 4) is 0 Å². The Bertz CT molecular complexity index is 412. The molecule has 0 bridgehead atoms. The Morgan fingerprint density at radius 1 is 1.41 bits per heavy atom. The molecule has 1 unspecified atom stereocenters. The number of halogens is 2. The van der Waals surface area contributed by atoms with Crippen molar-refractivity contribution in [2.45, 2.75) is 31.8 Å². The molecule has 1 aromatic carbocycles. The highest BCUT2D eigenvalue weighted by Crippen LogP contribution is 2.19. The second-order valence-corrected chi connectivity index (χ2v) is 4.22. The number of carbonyl (C=O) groups is 1. The van der Waals surface area contributed by atoms with Gasteiger partial charge in [0.25, 0.3) is 0 Å². The molecule has 0 aliphatic carbocycles. The highest BCUT2D eigenvalue weighted by molar-refractivity contribution is 5.96. The number of benzene rings is 1. The Morgan fingerprint density at radius 3 is 2.88 bits per heavy atom. The van der Waals surface area contributed by atoms with Gasteiger partial charge in [0.1, 0.15) is 11.6 Å². The molecule has 4 heteroatoms. The van der Waals surface area contributed by atoms with E-state index in [2.05, 4.69) is 0 Å². The van der Waals surface area contributed by atoms with Crippen molar-refractivity contribution < 1.29 is 18.3 Å². The fourth-order valence-electron chi connectivity index (χ4n) is 2.01. The van der Waals surface area contributed by atoms with Crippen LogP contribution >= 0.6 is 0 Å². The third kappa shape index (κ3) is 3.09. The summed E-state index contributed by atoms with van der Waals surface area (Å²) in [5.41, 5.74) is -0.0376. The van der Waals surface area contributed by atoms with Gasteiger partial charge in [0, 0.05) is 19.1 Å². The van der Waals surface area contributed by atoms with Crippen molar-refractivity contribution in [2.75, 3.05) is 6.61 Å². The Labute approximate surface area is 98.6 Å². The SMILES string of the molecule is O=C(CCC1CCCO1)c1ccc(F)cc1F. The molecule has 1 saturated heterocycles. The second kappa shape index (κ2) is 5.36. The monoisotopic (exact) mass is 240 g/mol. The quantitative estimate of drug-likeness (QED) is 0.756. The molecule has 0 amide bonds.